The van der Waals surface area contributed by atoms with Crippen LogP contribution in [0.1, 0.15) is 53.5 Å². The Morgan fingerprint density at radius 2 is 1.94 bits per heavy atom. The summed E-state index contributed by atoms with van der Waals surface area (Å²) >= 11 is 0. The zero-order chi connectivity index (χ0) is 23.9. The van der Waals surface area contributed by atoms with E-state index in [1.54, 1.807) is 13.0 Å². The molecule has 2 atom stereocenters. The molecule has 2 aromatic rings. The fourth-order valence-electron chi connectivity index (χ4n) is 3.62. The first kappa shape index (κ1) is 23.5. The molecule has 0 unspecified atom stereocenters. The third-order valence-corrected chi connectivity index (χ3v) is 5.73. The van der Waals surface area contributed by atoms with Crippen LogP contribution in [-0.2, 0) is 16.7 Å². The van der Waals surface area contributed by atoms with Crippen LogP contribution >= 0.6 is 0 Å². The van der Waals surface area contributed by atoms with Crippen LogP contribution in [0.5, 0.6) is 0 Å². The lowest BCUT2D eigenvalue weighted by molar-refractivity contribution is -0.249. The van der Waals surface area contributed by atoms with E-state index in [9.17, 15) is 22.4 Å². The van der Waals surface area contributed by atoms with E-state index in [2.05, 4.69) is 9.98 Å². The molecule has 0 saturated heterocycles. The number of benzene rings is 1. The van der Waals surface area contributed by atoms with E-state index in [4.69, 9.17) is 10.00 Å². The Balaban J connectivity index is 1.93. The maximum Gasteiger partial charge on any atom is 0.422 e. The average Bonchev–Trinajstić information content (AvgIpc) is 2.71. The van der Waals surface area contributed by atoms with Gasteiger partial charge in [-0.3, -0.25) is 14.8 Å². The Labute approximate surface area is 182 Å². The molecule has 9 heteroatoms. The van der Waals surface area contributed by atoms with Crippen LogP contribution in [0.15, 0.2) is 35.5 Å². The molecule has 1 aromatic carbocycles. The van der Waals surface area contributed by atoms with Crippen molar-refractivity contribution in [1.29, 1.82) is 5.26 Å². The van der Waals surface area contributed by atoms with Gasteiger partial charge in [0.2, 0.25) is 0 Å². The van der Waals surface area contributed by atoms with E-state index in [1.165, 1.54) is 32.2 Å². The number of aryl methyl sites for hydroxylation is 1. The van der Waals surface area contributed by atoms with Crippen molar-refractivity contribution in [2.24, 2.45) is 4.99 Å². The van der Waals surface area contributed by atoms with Crippen molar-refractivity contribution in [3.63, 3.8) is 0 Å². The fourth-order valence-corrected chi connectivity index (χ4v) is 3.62. The van der Waals surface area contributed by atoms with Crippen LogP contribution in [0.3, 0.4) is 0 Å². The van der Waals surface area contributed by atoms with Crippen LogP contribution in [0.4, 0.5) is 17.6 Å². The van der Waals surface area contributed by atoms with Gasteiger partial charge in [-0.25, -0.2) is 4.39 Å². The first-order valence-electron chi connectivity index (χ1n) is 9.77. The summed E-state index contributed by atoms with van der Waals surface area (Å²) in [5.74, 6) is -0.994. The third kappa shape index (κ3) is 4.15. The molecule has 1 aromatic heterocycles. The highest BCUT2D eigenvalue weighted by Gasteiger charge is 2.58. The van der Waals surface area contributed by atoms with E-state index in [0.717, 1.165) is 13.0 Å². The van der Waals surface area contributed by atoms with Crippen molar-refractivity contribution < 1.29 is 27.1 Å². The number of hydrogen-bond donors (Lipinski definition) is 0. The Kier molecular flexibility index (Phi) is 5.96. The van der Waals surface area contributed by atoms with Crippen LogP contribution in [0.2, 0.25) is 0 Å². The minimum atomic E-state index is -4.67. The molecule has 0 radical (unpaired) electrons. The predicted octanol–water partition coefficient (Wildman–Crippen LogP) is 4.85. The highest BCUT2D eigenvalue weighted by molar-refractivity contribution is 5.97. The summed E-state index contributed by atoms with van der Waals surface area (Å²) < 4.78 is 60.1. The summed E-state index contributed by atoms with van der Waals surface area (Å²) in [4.78, 5) is 20.9. The van der Waals surface area contributed by atoms with Gasteiger partial charge in [-0.2, -0.15) is 18.4 Å². The summed E-state index contributed by atoms with van der Waals surface area (Å²) in [6, 6.07) is 7.50. The number of aliphatic imine (C=N–C) groups is 1. The minimum Gasteiger partial charge on any atom is -0.357 e. The van der Waals surface area contributed by atoms with E-state index < -0.39 is 29.7 Å². The van der Waals surface area contributed by atoms with Crippen LogP contribution in [0, 0.1) is 24.1 Å². The molecule has 1 aliphatic heterocycles. The molecule has 0 N–H and O–H groups in total. The number of rotatable bonds is 4. The van der Waals surface area contributed by atoms with Gasteiger partial charge >= 0.3 is 6.18 Å². The van der Waals surface area contributed by atoms with E-state index in [-0.39, 0.29) is 29.2 Å². The monoisotopic (exact) mass is 447 g/mol. The van der Waals surface area contributed by atoms with Crippen molar-refractivity contribution in [3.8, 4) is 6.07 Å². The second kappa shape index (κ2) is 8.10. The average molecular weight is 447 g/mol. The lowest BCUT2D eigenvalue weighted by Gasteiger charge is -2.41. The lowest BCUT2D eigenvalue weighted by Crippen LogP contribution is -2.56. The summed E-state index contributed by atoms with van der Waals surface area (Å²) in [7, 11) is 0. The van der Waals surface area contributed by atoms with Crippen molar-refractivity contribution in [2.45, 2.75) is 51.4 Å². The van der Waals surface area contributed by atoms with Crippen molar-refractivity contribution >= 4 is 11.5 Å². The summed E-state index contributed by atoms with van der Waals surface area (Å²) in [6.45, 7) is 4.76. The van der Waals surface area contributed by atoms with Gasteiger partial charge in [0.25, 0.3) is 0 Å². The number of carbonyl (C=O) groups excluding carboxylic acids is 1. The van der Waals surface area contributed by atoms with Crippen LogP contribution in [0.25, 0.3) is 0 Å². The molecule has 0 aliphatic carbocycles. The number of ketones is 1. The smallest absolute Gasteiger partial charge is 0.357 e. The molecule has 1 aliphatic rings. The fraction of sp³-hybridized carbons (Fsp3) is 0.391. The highest BCUT2D eigenvalue weighted by Crippen LogP contribution is 2.42. The molecule has 0 amide bonds. The zero-order valence-corrected chi connectivity index (χ0v) is 18.0. The Morgan fingerprint density at radius 1 is 1.25 bits per heavy atom. The Morgan fingerprint density at radius 3 is 2.50 bits per heavy atom. The first-order chi connectivity index (χ1) is 14.8. The SMILES string of the molecule is CC1=N[C@](C)(c2cc(CC(=O)c3ncc(C#N)cc3C)ccc2F)CO[C@@]1(C)C(F)(F)F. The Hall–Kier alpha value is -3.12. The number of carbonyl (C=O) groups is 1. The highest BCUT2D eigenvalue weighted by atomic mass is 19.4. The van der Waals surface area contributed by atoms with E-state index in [0.29, 0.717) is 16.7 Å². The maximum absolute atomic E-state index is 14.7. The third-order valence-electron chi connectivity index (χ3n) is 5.73. The van der Waals surface area contributed by atoms with Gasteiger partial charge in [-0.15, -0.1) is 0 Å². The standard InChI is InChI=1S/C23H21F4N3O2/c1-13-7-16(10-28)11-29-20(13)19(31)9-15-5-6-18(24)17(8-15)21(3)12-32-22(4,14(2)30-21)23(25,26)27/h5-8,11H,9,12H2,1-4H3/t21-,22+/m0/s1. The summed E-state index contributed by atoms with van der Waals surface area (Å²) in [5, 5.41) is 8.93. The molecule has 2 heterocycles. The number of hydrogen-bond acceptors (Lipinski definition) is 5. The van der Waals surface area contributed by atoms with Gasteiger partial charge < -0.3 is 4.74 Å². The minimum absolute atomic E-state index is 0.0379. The van der Waals surface area contributed by atoms with E-state index >= 15 is 0 Å². The number of aromatic nitrogens is 1. The molecule has 168 valence electrons. The van der Waals surface area contributed by atoms with Crippen molar-refractivity contribution in [2.75, 3.05) is 6.61 Å². The molecular formula is C23H21F4N3O2. The topological polar surface area (TPSA) is 75.3 Å². The van der Waals surface area contributed by atoms with Gasteiger partial charge in [-0.1, -0.05) is 6.07 Å². The van der Waals surface area contributed by atoms with Gasteiger partial charge in [-0.05, 0) is 57.0 Å². The molecule has 0 fully saturated rings. The second-order valence-corrected chi connectivity index (χ2v) is 8.21. The normalized spacial score (nSPS) is 23.4. The lowest BCUT2D eigenvalue weighted by atomic mass is 9.87. The van der Waals surface area contributed by atoms with Crippen molar-refractivity contribution in [3.05, 3.63) is 64.2 Å². The number of halogens is 4. The zero-order valence-electron chi connectivity index (χ0n) is 18.0. The number of alkyl halides is 3. The van der Waals surface area contributed by atoms with Gasteiger partial charge in [0.1, 0.15) is 23.1 Å². The molecule has 3 rings (SSSR count). The van der Waals surface area contributed by atoms with E-state index in [1.807, 2.05) is 6.07 Å². The quantitative estimate of drug-likeness (QED) is 0.496. The van der Waals surface area contributed by atoms with Gasteiger partial charge in [0.05, 0.1) is 17.9 Å². The van der Waals surface area contributed by atoms with Gasteiger partial charge in [0.15, 0.2) is 11.4 Å². The second-order valence-electron chi connectivity index (χ2n) is 8.21. The summed E-state index contributed by atoms with van der Waals surface area (Å²) in [5.41, 5.74) is -2.70. The molecule has 0 spiro atoms. The van der Waals surface area contributed by atoms with Gasteiger partial charge in [0, 0.05) is 18.2 Å². The van der Waals surface area contributed by atoms with Crippen LogP contribution in [-0.4, -0.2) is 34.9 Å². The number of Topliss-reactive ketones (excluding diaryl/α,β-unsaturated/α-hetero) is 1. The number of pyridine rings is 1. The Bertz CT molecular complexity index is 1150. The van der Waals surface area contributed by atoms with Crippen LogP contribution < -0.4 is 0 Å². The molecule has 5 nitrogen and oxygen atoms in total. The number of nitriles is 1. The molecular weight excluding hydrogens is 426 g/mol. The molecule has 0 bridgehead atoms. The first-order valence-corrected chi connectivity index (χ1v) is 9.77. The molecule has 0 saturated carbocycles. The summed E-state index contributed by atoms with van der Waals surface area (Å²) in [6.07, 6.45) is -3.47. The number of nitrogens with zero attached hydrogens (tertiary/aromatic N) is 3. The largest absolute Gasteiger partial charge is 0.422 e. The number of ether oxygens (including phenoxy) is 1. The predicted molar refractivity (Wildman–Crippen MR) is 109 cm³/mol. The maximum atomic E-state index is 14.7. The van der Waals surface area contributed by atoms with Crippen molar-refractivity contribution in [1.82, 2.24) is 4.98 Å². The molecule has 32 heavy (non-hydrogen) atoms.